The van der Waals surface area contributed by atoms with Crippen LogP contribution in [0.5, 0.6) is 5.75 Å². The highest BCUT2D eigenvalue weighted by molar-refractivity contribution is 7.80. The van der Waals surface area contributed by atoms with Crippen molar-refractivity contribution < 1.29 is 9.50 Å². The summed E-state index contributed by atoms with van der Waals surface area (Å²) in [5.74, 6) is -0.957. The van der Waals surface area contributed by atoms with Gasteiger partial charge in [0.05, 0.1) is 0 Å². The first-order valence-electron chi connectivity index (χ1n) is 2.49. The van der Waals surface area contributed by atoms with Crippen LogP contribution in [-0.2, 0) is 0 Å². The topological polar surface area (TPSA) is 20.2 Å². The minimum atomic E-state index is -0.690. The molecule has 10 heavy (non-hydrogen) atoms. The molecule has 1 aromatic rings. The van der Waals surface area contributed by atoms with Gasteiger partial charge in [-0.3, -0.25) is 0 Å². The fourth-order valence-electron chi connectivity index (χ4n) is 0.529. The van der Waals surface area contributed by atoms with Crippen LogP contribution in [-0.4, -0.2) is 5.11 Å². The van der Waals surface area contributed by atoms with Gasteiger partial charge in [0.1, 0.15) is 10.8 Å². The Labute approximate surface area is 67.8 Å². The molecule has 0 aliphatic carbocycles. The summed E-state index contributed by atoms with van der Waals surface area (Å²) in [5, 5.41) is 8.53. The van der Waals surface area contributed by atoms with Gasteiger partial charge in [-0.1, -0.05) is 11.6 Å². The number of benzene rings is 1. The Kier molecular flexibility index (Phi) is 2.06. The molecule has 0 unspecified atom stereocenters. The van der Waals surface area contributed by atoms with Gasteiger partial charge in [-0.15, -0.1) is 12.6 Å². The molecular weight excluding hydrogens is 175 g/mol. The van der Waals surface area contributed by atoms with Crippen molar-refractivity contribution in [2.45, 2.75) is 4.90 Å². The average Bonchev–Trinajstić information content (AvgIpc) is 1.93. The lowest BCUT2D eigenvalue weighted by atomic mass is 10.3. The molecule has 4 heteroatoms. The van der Waals surface area contributed by atoms with Gasteiger partial charge in [-0.25, -0.2) is 4.39 Å². The van der Waals surface area contributed by atoms with E-state index >= 15 is 0 Å². The van der Waals surface area contributed by atoms with Crippen LogP contribution in [0.1, 0.15) is 0 Å². The third-order valence-corrected chi connectivity index (χ3v) is 1.75. The van der Waals surface area contributed by atoms with Crippen molar-refractivity contribution >= 4 is 24.2 Å². The predicted molar refractivity (Wildman–Crippen MR) is 40.3 cm³/mol. The van der Waals surface area contributed by atoms with E-state index in [0.29, 0.717) is 0 Å². The van der Waals surface area contributed by atoms with Crippen molar-refractivity contribution in [2.24, 2.45) is 0 Å². The maximum Gasteiger partial charge on any atom is 0.158 e. The molecule has 0 bridgehead atoms. The van der Waals surface area contributed by atoms with Gasteiger partial charge >= 0.3 is 0 Å². The number of rotatable bonds is 0. The molecule has 1 rings (SSSR count). The van der Waals surface area contributed by atoms with Crippen LogP contribution in [0.3, 0.4) is 0 Å². The quantitative estimate of drug-likeness (QED) is 0.585. The lowest BCUT2D eigenvalue weighted by molar-refractivity contribution is 0.467. The Balaban J connectivity index is 3.34. The SMILES string of the molecule is Oc1ccc(S)c(F)c1Cl. The van der Waals surface area contributed by atoms with Crippen molar-refractivity contribution in [1.82, 2.24) is 0 Å². The van der Waals surface area contributed by atoms with Crippen molar-refractivity contribution in [1.29, 1.82) is 0 Å². The number of hydrogen-bond donors (Lipinski definition) is 2. The molecule has 1 aromatic carbocycles. The number of thiol groups is 1. The number of phenols is 1. The van der Waals surface area contributed by atoms with E-state index in [-0.39, 0.29) is 15.7 Å². The summed E-state index contributed by atoms with van der Waals surface area (Å²) in [4.78, 5) is 0.128. The van der Waals surface area contributed by atoms with Crippen LogP contribution >= 0.6 is 24.2 Å². The minimum absolute atomic E-state index is 0.128. The zero-order valence-corrected chi connectivity index (χ0v) is 6.46. The summed E-state index contributed by atoms with van der Waals surface area (Å²) < 4.78 is 12.6. The van der Waals surface area contributed by atoms with E-state index in [9.17, 15) is 4.39 Å². The molecule has 1 nitrogen and oxygen atoms in total. The molecule has 0 aliphatic rings. The highest BCUT2D eigenvalue weighted by Gasteiger charge is 2.07. The Hall–Kier alpha value is -0.410. The van der Waals surface area contributed by atoms with E-state index in [2.05, 4.69) is 12.6 Å². The van der Waals surface area contributed by atoms with Crippen LogP contribution in [0.4, 0.5) is 4.39 Å². The fourth-order valence-corrected chi connectivity index (χ4v) is 0.946. The molecule has 0 spiro atoms. The second-order valence-corrected chi connectivity index (χ2v) is 2.59. The first-order chi connectivity index (χ1) is 4.63. The van der Waals surface area contributed by atoms with Gasteiger partial charge in [-0.2, -0.15) is 0 Å². The first kappa shape index (κ1) is 7.69. The second kappa shape index (κ2) is 2.68. The van der Waals surface area contributed by atoms with Crippen LogP contribution in [0.25, 0.3) is 0 Å². The van der Waals surface area contributed by atoms with Crippen molar-refractivity contribution in [2.75, 3.05) is 0 Å². The largest absolute Gasteiger partial charge is 0.506 e. The van der Waals surface area contributed by atoms with Gasteiger partial charge in [0.25, 0.3) is 0 Å². The van der Waals surface area contributed by atoms with E-state index in [0.717, 1.165) is 0 Å². The van der Waals surface area contributed by atoms with Crippen molar-refractivity contribution in [3.8, 4) is 5.75 Å². The summed E-state index contributed by atoms with van der Waals surface area (Å²) >= 11 is 9.05. The third-order valence-electron chi connectivity index (χ3n) is 1.04. The lowest BCUT2D eigenvalue weighted by Crippen LogP contribution is -1.79. The van der Waals surface area contributed by atoms with Gasteiger partial charge in [0.2, 0.25) is 0 Å². The van der Waals surface area contributed by atoms with E-state index in [1.54, 1.807) is 0 Å². The fraction of sp³-hybridized carbons (Fsp3) is 0. The van der Waals surface area contributed by atoms with E-state index in [1.165, 1.54) is 12.1 Å². The predicted octanol–water partition coefficient (Wildman–Crippen LogP) is 2.47. The van der Waals surface area contributed by atoms with Crippen molar-refractivity contribution in [3.05, 3.63) is 23.0 Å². The molecule has 1 N–H and O–H groups in total. The summed E-state index contributed by atoms with van der Waals surface area (Å²) in [5.41, 5.74) is 0. The van der Waals surface area contributed by atoms with Gasteiger partial charge in [0.15, 0.2) is 5.82 Å². The maximum atomic E-state index is 12.6. The molecule has 54 valence electrons. The van der Waals surface area contributed by atoms with Gasteiger partial charge in [-0.05, 0) is 12.1 Å². The summed E-state index contributed by atoms with van der Waals surface area (Å²) in [6.45, 7) is 0. The molecule has 0 amide bonds. The van der Waals surface area contributed by atoms with Crippen LogP contribution < -0.4 is 0 Å². The van der Waals surface area contributed by atoms with Crippen LogP contribution in [0.2, 0.25) is 5.02 Å². The zero-order chi connectivity index (χ0) is 7.72. The van der Waals surface area contributed by atoms with E-state index < -0.39 is 5.82 Å². The highest BCUT2D eigenvalue weighted by atomic mass is 35.5. The summed E-state index contributed by atoms with van der Waals surface area (Å²) in [6, 6.07) is 2.62. The monoisotopic (exact) mass is 178 g/mol. The Bertz CT molecular complexity index is 237. The number of aromatic hydroxyl groups is 1. The molecule has 0 heterocycles. The summed E-state index contributed by atoms with van der Waals surface area (Å²) in [7, 11) is 0. The standard InChI is InChI=1S/C6H4ClFOS/c7-5-3(9)1-2-4(10)6(5)8/h1-2,9-10H. The highest BCUT2D eigenvalue weighted by Crippen LogP contribution is 2.29. The summed E-state index contributed by atoms with van der Waals surface area (Å²) in [6.07, 6.45) is 0. The molecule has 0 radical (unpaired) electrons. The molecular formula is C6H4ClFOS. The normalized spacial score (nSPS) is 9.90. The second-order valence-electron chi connectivity index (χ2n) is 1.73. The molecule has 0 fully saturated rings. The zero-order valence-electron chi connectivity index (χ0n) is 4.81. The molecule has 0 aliphatic heterocycles. The van der Waals surface area contributed by atoms with Crippen LogP contribution in [0, 0.1) is 5.82 Å². The number of hydrogen-bond acceptors (Lipinski definition) is 2. The maximum absolute atomic E-state index is 12.6. The van der Waals surface area contributed by atoms with Gasteiger partial charge < -0.3 is 5.11 Å². The van der Waals surface area contributed by atoms with Crippen LogP contribution in [0.15, 0.2) is 17.0 Å². The Morgan fingerprint density at radius 2 is 2.10 bits per heavy atom. The first-order valence-corrected chi connectivity index (χ1v) is 3.31. The molecule has 0 saturated heterocycles. The van der Waals surface area contributed by atoms with Gasteiger partial charge in [0, 0.05) is 4.90 Å². The molecule has 0 saturated carbocycles. The van der Waals surface area contributed by atoms with Crippen molar-refractivity contribution in [3.63, 3.8) is 0 Å². The van der Waals surface area contributed by atoms with E-state index in [4.69, 9.17) is 16.7 Å². The Morgan fingerprint density at radius 1 is 1.50 bits per heavy atom. The smallest absolute Gasteiger partial charge is 0.158 e. The lowest BCUT2D eigenvalue weighted by Gasteiger charge is -1.98. The third kappa shape index (κ3) is 1.20. The van der Waals surface area contributed by atoms with E-state index in [1.807, 2.05) is 0 Å². The Morgan fingerprint density at radius 3 is 2.60 bits per heavy atom. The number of phenolic OH excluding ortho intramolecular Hbond substituents is 1. The average molecular weight is 179 g/mol. The molecule has 0 atom stereocenters. The minimum Gasteiger partial charge on any atom is -0.506 e. The number of halogens is 2. The molecule has 0 aromatic heterocycles.